The standard InChI is InChI=1S/C20H24ClFN6O2S/c1-5-8-31(29,30)28-14-10-11(21)9-12(15(14)22)16-17(13-6-7-24-19(23)25-13)27-18(26-16)20(2,3)4/h6-7,9-10,28H,5,8H2,1-4H3,(H,26,27)(H2,23,24,25). The fraction of sp³-hybridized carbons (Fsp3) is 0.350. The molecule has 0 bridgehead atoms. The lowest BCUT2D eigenvalue weighted by atomic mass is 9.96. The van der Waals surface area contributed by atoms with E-state index >= 15 is 4.39 Å². The van der Waals surface area contributed by atoms with Crippen molar-refractivity contribution in [2.75, 3.05) is 16.2 Å². The molecule has 1 aromatic carbocycles. The Morgan fingerprint density at radius 3 is 2.58 bits per heavy atom. The number of anilines is 2. The van der Waals surface area contributed by atoms with Crippen molar-refractivity contribution >= 4 is 33.3 Å². The van der Waals surface area contributed by atoms with Crippen molar-refractivity contribution in [2.24, 2.45) is 0 Å². The summed E-state index contributed by atoms with van der Waals surface area (Å²) in [4.78, 5) is 15.9. The van der Waals surface area contributed by atoms with E-state index in [1.165, 1.54) is 18.3 Å². The third-order valence-corrected chi connectivity index (χ3v) is 6.07. The molecule has 3 aromatic rings. The number of H-pyrrole nitrogens is 1. The number of nitrogens with one attached hydrogen (secondary N) is 2. The SMILES string of the molecule is CCCS(=O)(=O)Nc1cc(Cl)cc(-c2nc(C(C)(C)C)[nH]c2-c2ccnc(N)n2)c1F. The lowest BCUT2D eigenvalue weighted by Gasteiger charge is -2.14. The lowest BCUT2D eigenvalue weighted by molar-refractivity contribution is 0.553. The highest BCUT2D eigenvalue weighted by Crippen LogP contribution is 2.37. The minimum atomic E-state index is -3.72. The number of sulfonamides is 1. The number of rotatable bonds is 6. The van der Waals surface area contributed by atoms with Crippen molar-refractivity contribution in [3.05, 3.63) is 41.1 Å². The maximum Gasteiger partial charge on any atom is 0.232 e. The van der Waals surface area contributed by atoms with E-state index in [1.54, 1.807) is 13.0 Å². The minimum Gasteiger partial charge on any atom is -0.368 e. The van der Waals surface area contributed by atoms with Crippen LogP contribution < -0.4 is 10.5 Å². The zero-order chi connectivity index (χ0) is 23.0. The average Bonchev–Trinajstić information content (AvgIpc) is 3.09. The highest BCUT2D eigenvalue weighted by atomic mass is 35.5. The molecular formula is C20H24ClFN6O2S. The fourth-order valence-corrected chi connectivity index (χ4v) is 4.29. The van der Waals surface area contributed by atoms with Crippen LogP contribution in [-0.4, -0.2) is 34.1 Å². The Kier molecular flexibility index (Phi) is 6.24. The number of nitrogens with zero attached hydrogens (tertiary/aromatic N) is 3. The first kappa shape index (κ1) is 23.0. The Morgan fingerprint density at radius 2 is 1.97 bits per heavy atom. The number of aromatic amines is 1. The summed E-state index contributed by atoms with van der Waals surface area (Å²) in [6.07, 6.45) is 1.87. The number of hydrogen-bond donors (Lipinski definition) is 3. The van der Waals surface area contributed by atoms with Gasteiger partial charge in [0.15, 0.2) is 5.82 Å². The van der Waals surface area contributed by atoms with Crippen molar-refractivity contribution in [2.45, 2.75) is 39.5 Å². The second-order valence-corrected chi connectivity index (χ2v) is 10.4. The minimum absolute atomic E-state index is 0.0284. The number of benzene rings is 1. The fourth-order valence-electron chi connectivity index (χ4n) is 2.94. The molecule has 3 rings (SSSR count). The summed E-state index contributed by atoms with van der Waals surface area (Å²) in [5.41, 5.74) is 6.19. The number of nitrogens with two attached hydrogens (primary N) is 1. The molecule has 0 aliphatic rings. The largest absolute Gasteiger partial charge is 0.368 e. The molecule has 0 unspecified atom stereocenters. The van der Waals surface area contributed by atoms with Gasteiger partial charge in [0, 0.05) is 22.2 Å². The van der Waals surface area contributed by atoms with Crippen molar-refractivity contribution in [1.82, 2.24) is 19.9 Å². The summed E-state index contributed by atoms with van der Waals surface area (Å²) < 4.78 is 42.2. The Hall–Kier alpha value is -2.72. The predicted octanol–water partition coefficient (Wildman–Crippen LogP) is 4.36. The van der Waals surface area contributed by atoms with Crippen LogP contribution in [0.15, 0.2) is 24.4 Å². The summed E-state index contributed by atoms with van der Waals surface area (Å²) in [5.74, 6) is -0.299. The molecule has 8 nitrogen and oxygen atoms in total. The number of nitrogen functional groups attached to an aromatic ring is 1. The normalized spacial score (nSPS) is 12.2. The molecule has 4 N–H and O–H groups in total. The van der Waals surface area contributed by atoms with Crippen molar-refractivity contribution < 1.29 is 12.8 Å². The molecule has 0 saturated heterocycles. The average molecular weight is 467 g/mol. The van der Waals surface area contributed by atoms with Crippen LogP contribution in [0.5, 0.6) is 0 Å². The van der Waals surface area contributed by atoms with Crippen LogP contribution in [0.4, 0.5) is 16.0 Å². The van der Waals surface area contributed by atoms with E-state index in [1.807, 2.05) is 20.8 Å². The molecular weight excluding hydrogens is 443 g/mol. The zero-order valence-electron chi connectivity index (χ0n) is 17.6. The van der Waals surface area contributed by atoms with Crippen LogP contribution in [0.25, 0.3) is 22.6 Å². The molecule has 11 heteroatoms. The third-order valence-electron chi connectivity index (χ3n) is 4.38. The monoisotopic (exact) mass is 466 g/mol. The van der Waals surface area contributed by atoms with E-state index < -0.39 is 15.8 Å². The Balaban J connectivity index is 2.24. The highest BCUT2D eigenvalue weighted by Gasteiger charge is 2.26. The van der Waals surface area contributed by atoms with Gasteiger partial charge in [-0.15, -0.1) is 0 Å². The second-order valence-electron chi connectivity index (χ2n) is 8.09. The molecule has 0 aliphatic carbocycles. The van der Waals surface area contributed by atoms with E-state index in [4.69, 9.17) is 17.3 Å². The molecule has 0 radical (unpaired) electrons. The maximum atomic E-state index is 15.5. The molecule has 166 valence electrons. The summed E-state index contributed by atoms with van der Waals surface area (Å²) >= 11 is 6.21. The number of imidazole rings is 1. The Bertz CT molecular complexity index is 1220. The molecule has 0 spiro atoms. The van der Waals surface area contributed by atoms with Gasteiger partial charge in [-0.1, -0.05) is 39.3 Å². The highest BCUT2D eigenvalue weighted by molar-refractivity contribution is 7.92. The zero-order valence-corrected chi connectivity index (χ0v) is 19.2. The van der Waals surface area contributed by atoms with Gasteiger partial charge in [0.1, 0.15) is 11.5 Å². The van der Waals surface area contributed by atoms with Crippen LogP contribution in [0.2, 0.25) is 5.02 Å². The molecule has 0 atom stereocenters. The first-order chi connectivity index (χ1) is 14.4. The van der Waals surface area contributed by atoms with Crippen LogP contribution >= 0.6 is 11.6 Å². The van der Waals surface area contributed by atoms with Gasteiger partial charge in [0.25, 0.3) is 0 Å². The topological polar surface area (TPSA) is 127 Å². The lowest BCUT2D eigenvalue weighted by Crippen LogP contribution is -2.17. The van der Waals surface area contributed by atoms with Gasteiger partial charge in [-0.05, 0) is 24.6 Å². The summed E-state index contributed by atoms with van der Waals surface area (Å²) in [7, 11) is -3.72. The summed E-state index contributed by atoms with van der Waals surface area (Å²) in [5, 5.41) is 0.152. The number of halogens is 2. The van der Waals surface area contributed by atoms with Crippen LogP contribution in [0.3, 0.4) is 0 Å². The Labute approximate surface area is 185 Å². The molecule has 0 saturated carbocycles. The summed E-state index contributed by atoms with van der Waals surface area (Å²) in [6.45, 7) is 7.57. The Morgan fingerprint density at radius 1 is 1.26 bits per heavy atom. The molecule has 0 fully saturated rings. The predicted molar refractivity (Wildman–Crippen MR) is 121 cm³/mol. The van der Waals surface area contributed by atoms with Gasteiger partial charge in [-0.2, -0.15) is 0 Å². The van der Waals surface area contributed by atoms with E-state index in [-0.39, 0.29) is 39.1 Å². The second kappa shape index (κ2) is 8.43. The van der Waals surface area contributed by atoms with Crippen LogP contribution in [0, 0.1) is 5.82 Å². The third kappa shape index (κ3) is 5.13. The molecule has 2 heterocycles. The van der Waals surface area contributed by atoms with Crippen molar-refractivity contribution in [3.8, 4) is 22.6 Å². The van der Waals surface area contributed by atoms with Crippen molar-refractivity contribution in [1.29, 1.82) is 0 Å². The van der Waals surface area contributed by atoms with E-state index in [0.717, 1.165) is 0 Å². The van der Waals surface area contributed by atoms with Gasteiger partial charge in [-0.3, -0.25) is 4.72 Å². The number of hydrogen-bond acceptors (Lipinski definition) is 6. The first-order valence-corrected chi connectivity index (χ1v) is 11.6. The first-order valence-electron chi connectivity index (χ1n) is 9.60. The molecule has 2 aromatic heterocycles. The van der Waals surface area contributed by atoms with Gasteiger partial charge in [0.05, 0.1) is 22.8 Å². The van der Waals surface area contributed by atoms with Crippen molar-refractivity contribution in [3.63, 3.8) is 0 Å². The quantitative estimate of drug-likeness (QED) is 0.495. The van der Waals surface area contributed by atoms with Gasteiger partial charge in [-0.25, -0.2) is 27.8 Å². The smallest absolute Gasteiger partial charge is 0.232 e. The van der Waals surface area contributed by atoms with Crippen LogP contribution in [-0.2, 0) is 15.4 Å². The maximum absolute atomic E-state index is 15.5. The van der Waals surface area contributed by atoms with E-state index in [2.05, 4.69) is 24.7 Å². The molecule has 31 heavy (non-hydrogen) atoms. The molecule has 0 amide bonds. The molecule has 0 aliphatic heterocycles. The summed E-state index contributed by atoms with van der Waals surface area (Å²) in [6, 6.07) is 4.24. The van der Waals surface area contributed by atoms with Gasteiger partial charge >= 0.3 is 0 Å². The van der Waals surface area contributed by atoms with E-state index in [9.17, 15) is 8.42 Å². The number of aromatic nitrogens is 4. The van der Waals surface area contributed by atoms with Gasteiger partial charge in [0.2, 0.25) is 16.0 Å². The van der Waals surface area contributed by atoms with Crippen LogP contribution in [0.1, 0.15) is 39.9 Å². The van der Waals surface area contributed by atoms with Gasteiger partial charge < -0.3 is 10.7 Å². The van der Waals surface area contributed by atoms with E-state index in [0.29, 0.717) is 23.6 Å².